The molecule has 1 atom stereocenters. The topological polar surface area (TPSA) is 129 Å². The molecule has 0 aliphatic heterocycles. The molecule has 9 nitrogen and oxygen atoms in total. The van der Waals surface area contributed by atoms with Crippen LogP contribution in [-0.2, 0) is 27.2 Å². The van der Waals surface area contributed by atoms with Crippen molar-refractivity contribution in [2.45, 2.75) is 62.5 Å². The minimum absolute atomic E-state index is 0.0734. The standard InChI is InChI=1S/C40H40N4O5S2/c1-3-33(38(47)44-39-35(40(48)49-4-2)30-19-9-6-10-21-34(30)51-39)50-28-17-13-16-27(23-28)42-37(46)32(43-36(45)25-14-7-5-8-15-25)22-26-24-41-31-20-12-11-18-29(26)31/h5,7-8,11-18,20,22-24,33,41H,3-4,6,9-10,19,21H2,1-2H3,(H,42,46)(H,43,45)(H,44,47)/b32-22-. The largest absolute Gasteiger partial charge is 0.462 e. The predicted molar refractivity (Wildman–Crippen MR) is 205 cm³/mol. The first-order valence-electron chi connectivity index (χ1n) is 17.2. The van der Waals surface area contributed by atoms with Crippen molar-refractivity contribution in [3.8, 4) is 0 Å². The number of aryl methyl sites for hydroxylation is 1. The van der Waals surface area contributed by atoms with E-state index in [0.717, 1.165) is 63.9 Å². The zero-order valence-electron chi connectivity index (χ0n) is 28.5. The van der Waals surface area contributed by atoms with Crippen LogP contribution in [0.3, 0.4) is 0 Å². The second-order valence-corrected chi connectivity index (χ2v) is 14.5. The summed E-state index contributed by atoms with van der Waals surface area (Å²) in [4.78, 5) is 58.8. The molecule has 0 fully saturated rings. The molecule has 3 aromatic carbocycles. The van der Waals surface area contributed by atoms with Crippen LogP contribution in [-0.4, -0.2) is 40.5 Å². The van der Waals surface area contributed by atoms with E-state index in [1.165, 1.54) is 23.1 Å². The van der Waals surface area contributed by atoms with E-state index in [9.17, 15) is 19.2 Å². The molecule has 2 aromatic heterocycles. The number of hydrogen-bond acceptors (Lipinski definition) is 7. The molecule has 2 heterocycles. The minimum atomic E-state index is -0.500. The SMILES string of the molecule is CCOC(=O)c1c(NC(=O)C(CC)Sc2cccc(NC(=O)/C(=C/c3c[nH]c4ccccc34)NC(=O)c3ccccc3)c2)sc2c1CCCCC2. The maximum atomic E-state index is 13.8. The van der Waals surface area contributed by atoms with Gasteiger partial charge in [-0.15, -0.1) is 23.1 Å². The Balaban J connectivity index is 1.19. The number of fused-ring (bicyclic) bond motifs is 2. The number of aromatic amines is 1. The number of esters is 1. The van der Waals surface area contributed by atoms with Crippen LogP contribution < -0.4 is 16.0 Å². The zero-order valence-corrected chi connectivity index (χ0v) is 30.2. The van der Waals surface area contributed by atoms with Crippen molar-refractivity contribution in [3.05, 3.63) is 118 Å². The number of hydrogen-bond donors (Lipinski definition) is 4. The van der Waals surface area contributed by atoms with Crippen molar-refractivity contribution >= 4 is 74.5 Å². The van der Waals surface area contributed by atoms with Crippen LogP contribution in [0.1, 0.15) is 76.3 Å². The third-order valence-electron chi connectivity index (χ3n) is 8.62. The number of H-pyrrole nitrogens is 1. The number of aromatic nitrogens is 1. The van der Waals surface area contributed by atoms with Gasteiger partial charge in [-0.25, -0.2) is 4.79 Å². The lowest BCUT2D eigenvalue weighted by Gasteiger charge is -2.16. The van der Waals surface area contributed by atoms with Crippen molar-refractivity contribution in [1.29, 1.82) is 0 Å². The monoisotopic (exact) mass is 720 g/mol. The number of anilines is 2. The van der Waals surface area contributed by atoms with Gasteiger partial charge in [0.15, 0.2) is 0 Å². The maximum Gasteiger partial charge on any atom is 0.341 e. The molecule has 262 valence electrons. The normalized spacial score (nSPS) is 13.5. The first-order chi connectivity index (χ1) is 24.8. The average molecular weight is 721 g/mol. The van der Waals surface area contributed by atoms with Gasteiger partial charge in [0.05, 0.1) is 17.4 Å². The van der Waals surface area contributed by atoms with Crippen molar-refractivity contribution in [3.63, 3.8) is 0 Å². The summed E-state index contributed by atoms with van der Waals surface area (Å²) < 4.78 is 5.40. The summed E-state index contributed by atoms with van der Waals surface area (Å²) in [5.41, 5.74) is 4.16. The smallest absolute Gasteiger partial charge is 0.341 e. The molecule has 51 heavy (non-hydrogen) atoms. The lowest BCUT2D eigenvalue weighted by atomic mass is 10.1. The number of nitrogens with one attached hydrogen (secondary N) is 4. The molecule has 11 heteroatoms. The van der Waals surface area contributed by atoms with Gasteiger partial charge in [-0.2, -0.15) is 0 Å². The number of thioether (sulfide) groups is 1. The molecule has 0 radical (unpaired) electrons. The summed E-state index contributed by atoms with van der Waals surface area (Å²) in [7, 11) is 0. The maximum absolute atomic E-state index is 13.8. The van der Waals surface area contributed by atoms with Crippen LogP contribution in [0.4, 0.5) is 10.7 Å². The van der Waals surface area contributed by atoms with Crippen LogP contribution in [0.2, 0.25) is 0 Å². The number of rotatable bonds is 12. The Kier molecular flexibility index (Phi) is 11.7. The highest BCUT2D eigenvalue weighted by molar-refractivity contribution is 8.00. The van der Waals surface area contributed by atoms with Gasteiger partial charge in [-0.3, -0.25) is 14.4 Å². The second-order valence-electron chi connectivity index (χ2n) is 12.1. The Morgan fingerprint density at radius 3 is 2.51 bits per heavy atom. The van der Waals surface area contributed by atoms with Gasteiger partial charge >= 0.3 is 5.97 Å². The third kappa shape index (κ3) is 8.61. The first-order valence-corrected chi connectivity index (χ1v) is 18.9. The zero-order chi connectivity index (χ0) is 35.7. The van der Waals surface area contributed by atoms with Crippen molar-refractivity contribution in [2.75, 3.05) is 17.2 Å². The fourth-order valence-corrected chi connectivity index (χ4v) is 8.38. The highest BCUT2D eigenvalue weighted by Gasteiger charge is 2.28. The van der Waals surface area contributed by atoms with Crippen LogP contribution in [0.15, 0.2) is 95.7 Å². The van der Waals surface area contributed by atoms with E-state index in [2.05, 4.69) is 20.9 Å². The quantitative estimate of drug-likeness (QED) is 0.0442. The van der Waals surface area contributed by atoms with Gasteiger partial charge in [0.25, 0.3) is 11.8 Å². The van der Waals surface area contributed by atoms with Crippen LogP contribution in [0.5, 0.6) is 0 Å². The molecular weight excluding hydrogens is 681 g/mol. The van der Waals surface area contributed by atoms with Gasteiger partial charge in [-0.1, -0.05) is 55.8 Å². The predicted octanol–water partition coefficient (Wildman–Crippen LogP) is 8.59. The van der Waals surface area contributed by atoms with Crippen LogP contribution in [0.25, 0.3) is 17.0 Å². The van der Waals surface area contributed by atoms with E-state index in [0.29, 0.717) is 28.2 Å². The molecule has 0 spiro atoms. The lowest BCUT2D eigenvalue weighted by Crippen LogP contribution is -2.30. The van der Waals surface area contributed by atoms with E-state index in [-0.39, 0.29) is 18.2 Å². The highest BCUT2D eigenvalue weighted by Crippen LogP contribution is 2.39. The average Bonchev–Trinajstić information content (AvgIpc) is 3.62. The Morgan fingerprint density at radius 1 is 0.922 bits per heavy atom. The second kappa shape index (κ2) is 16.7. The van der Waals surface area contributed by atoms with Gasteiger partial charge in [0, 0.05) is 43.7 Å². The van der Waals surface area contributed by atoms with E-state index in [4.69, 9.17) is 4.74 Å². The van der Waals surface area contributed by atoms with Gasteiger partial charge in [0.1, 0.15) is 10.7 Å². The van der Waals surface area contributed by atoms with Crippen molar-refractivity contribution in [1.82, 2.24) is 10.3 Å². The Labute approximate surface area is 305 Å². The highest BCUT2D eigenvalue weighted by atomic mass is 32.2. The van der Waals surface area contributed by atoms with Crippen LogP contribution in [0, 0.1) is 0 Å². The van der Waals surface area contributed by atoms with Gasteiger partial charge < -0.3 is 25.7 Å². The number of carbonyl (C=O) groups is 4. The number of amides is 3. The lowest BCUT2D eigenvalue weighted by molar-refractivity contribution is -0.116. The Bertz CT molecular complexity index is 2080. The van der Waals surface area contributed by atoms with Gasteiger partial charge in [0.2, 0.25) is 5.91 Å². The first kappa shape index (κ1) is 35.7. The summed E-state index contributed by atoms with van der Waals surface area (Å²) in [6.45, 7) is 3.98. The summed E-state index contributed by atoms with van der Waals surface area (Å²) in [5.74, 6) is -1.51. The number of benzene rings is 3. The Hall–Kier alpha value is -5.13. The van der Waals surface area contributed by atoms with Gasteiger partial charge in [-0.05, 0) is 87.1 Å². The van der Waals surface area contributed by atoms with Crippen LogP contribution >= 0.6 is 23.1 Å². The molecular formula is C40H40N4O5S2. The summed E-state index contributed by atoms with van der Waals surface area (Å²) in [6, 6.07) is 23.7. The van der Waals surface area contributed by atoms with Crippen molar-refractivity contribution < 1.29 is 23.9 Å². The van der Waals surface area contributed by atoms with E-state index < -0.39 is 23.0 Å². The summed E-state index contributed by atoms with van der Waals surface area (Å²) in [6.07, 6.45) is 8.85. The molecule has 3 amide bonds. The molecule has 4 N–H and O–H groups in total. The van der Waals surface area contributed by atoms with Crippen molar-refractivity contribution in [2.24, 2.45) is 0 Å². The molecule has 0 saturated heterocycles. The molecule has 1 unspecified atom stereocenters. The number of para-hydroxylation sites is 1. The van der Waals surface area contributed by atoms with E-state index in [1.54, 1.807) is 55.6 Å². The number of carbonyl (C=O) groups excluding carboxylic acids is 4. The fraction of sp³-hybridized carbons (Fsp3) is 0.250. The molecule has 0 bridgehead atoms. The molecule has 5 aromatic rings. The Morgan fingerprint density at radius 2 is 1.71 bits per heavy atom. The van der Waals surface area contributed by atoms with E-state index in [1.807, 2.05) is 49.4 Å². The molecule has 6 rings (SSSR count). The third-order valence-corrected chi connectivity index (χ3v) is 11.2. The fourth-order valence-electron chi connectivity index (χ4n) is 6.09. The number of thiophene rings is 1. The van der Waals surface area contributed by atoms with E-state index >= 15 is 0 Å². The molecule has 0 saturated carbocycles. The molecule has 1 aliphatic rings. The summed E-state index contributed by atoms with van der Waals surface area (Å²) in [5, 5.41) is 9.79. The molecule has 1 aliphatic carbocycles. The minimum Gasteiger partial charge on any atom is -0.462 e. The number of ether oxygens (including phenoxy) is 1. The summed E-state index contributed by atoms with van der Waals surface area (Å²) >= 11 is 2.86.